The largest absolute Gasteiger partial charge is 0.373 e. The molecule has 0 bridgehead atoms. The predicted molar refractivity (Wildman–Crippen MR) is 82.1 cm³/mol. The summed E-state index contributed by atoms with van der Waals surface area (Å²) in [5.41, 5.74) is 2.45. The Kier molecular flexibility index (Phi) is 4.71. The van der Waals surface area contributed by atoms with Gasteiger partial charge in [0.15, 0.2) is 0 Å². The molecule has 1 amide bonds. The number of carbonyl (C=O) groups is 1. The molecule has 2 aliphatic rings. The molecule has 0 aliphatic carbocycles. The summed E-state index contributed by atoms with van der Waals surface area (Å²) >= 11 is 0. The van der Waals surface area contributed by atoms with E-state index in [0.717, 1.165) is 25.1 Å². The van der Waals surface area contributed by atoms with E-state index in [1.807, 2.05) is 17.0 Å². The van der Waals surface area contributed by atoms with Gasteiger partial charge in [-0.25, -0.2) is 0 Å². The van der Waals surface area contributed by atoms with Gasteiger partial charge < -0.3 is 9.64 Å². The van der Waals surface area contributed by atoms with Crippen LogP contribution in [0.3, 0.4) is 0 Å². The number of rotatable bonds is 3. The van der Waals surface area contributed by atoms with E-state index >= 15 is 0 Å². The Balaban J connectivity index is 1.58. The lowest BCUT2D eigenvalue weighted by Crippen LogP contribution is -2.49. The fourth-order valence-electron chi connectivity index (χ4n) is 3.19. The maximum Gasteiger partial charge on any atom is 0.225 e. The van der Waals surface area contributed by atoms with E-state index in [0.29, 0.717) is 32.7 Å². The van der Waals surface area contributed by atoms with Crippen LogP contribution in [-0.2, 0) is 16.0 Å². The minimum Gasteiger partial charge on any atom is -0.373 e. The highest BCUT2D eigenvalue weighted by Crippen LogP contribution is 2.30. The maximum absolute atomic E-state index is 12.5. The molecule has 2 heterocycles. The molecule has 0 aromatic heterocycles. The molecule has 0 radical (unpaired) electrons. The Morgan fingerprint density at radius 2 is 2.05 bits per heavy atom. The summed E-state index contributed by atoms with van der Waals surface area (Å²) in [6, 6.07) is 10.4. The van der Waals surface area contributed by atoms with E-state index in [9.17, 15) is 4.79 Å². The minimum absolute atomic E-state index is 0.116. The van der Waals surface area contributed by atoms with Crippen molar-refractivity contribution >= 4 is 5.91 Å². The van der Waals surface area contributed by atoms with E-state index in [2.05, 4.69) is 23.1 Å². The van der Waals surface area contributed by atoms with Crippen molar-refractivity contribution in [3.05, 3.63) is 35.4 Å². The molecule has 0 unspecified atom stereocenters. The lowest BCUT2D eigenvalue weighted by Gasteiger charge is -2.34. The summed E-state index contributed by atoms with van der Waals surface area (Å²) in [7, 11) is 0. The molecule has 1 saturated heterocycles. The molecule has 5 nitrogen and oxygen atoms in total. The summed E-state index contributed by atoms with van der Waals surface area (Å²) < 4.78 is 5.82. The molecule has 22 heavy (non-hydrogen) atoms. The zero-order valence-corrected chi connectivity index (χ0v) is 12.7. The normalized spacial score (nSPS) is 22.0. The van der Waals surface area contributed by atoms with Crippen LogP contribution in [0, 0.1) is 11.3 Å². The van der Waals surface area contributed by atoms with Gasteiger partial charge >= 0.3 is 0 Å². The number of hydrogen-bond donors (Lipinski definition) is 0. The van der Waals surface area contributed by atoms with Crippen LogP contribution in [0.25, 0.3) is 0 Å². The third-order valence-electron chi connectivity index (χ3n) is 4.47. The first-order valence-electron chi connectivity index (χ1n) is 7.84. The summed E-state index contributed by atoms with van der Waals surface area (Å²) in [6.45, 7) is 4.10. The highest BCUT2D eigenvalue weighted by Gasteiger charge is 2.27. The number of fused-ring (bicyclic) bond motifs is 1. The minimum atomic E-state index is -0.116. The molecule has 116 valence electrons. The molecule has 1 fully saturated rings. The smallest absolute Gasteiger partial charge is 0.225 e. The van der Waals surface area contributed by atoms with Crippen molar-refractivity contribution in [3.63, 3.8) is 0 Å². The molecule has 0 spiro atoms. The van der Waals surface area contributed by atoms with Gasteiger partial charge in [0.2, 0.25) is 5.91 Å². The number of nitriles is 1. The van der Waals surface area contributed by atoms with Gasteiger partial charge in [-0.05, 0) is 17.5 Å². The summed E-state index contributed by atoms with van der Waals surface area (Å²) in [5, 5.41) is 8.71. The second kappa shape index (κ2) is 6.91. The number of hydrogen-bond acceptors (Lipinski definition) is 4. The van der Waals surface area contributed by atoms with E-state index in [1.165, 1.54) is 5.56 Å². The van der Waals surface area contributed by atoms with Crippen LogP contribution in [0.5, 0.6) is 0 Å². The number of carbonyl (C=O) groups excluding carboxylic acids is 1. The number of nitrogens with zero attached hydrogens (tertiary/aromatic N) is 3. The molecular formula is C17H21N3O2. The first-order valence-corrected chi connectivity index (χ1v) is 7.84. The maximum atomic E-state index is 12.5. The van der Waals surface area contributed by atoms with Gasteiger partial charge in [0.1, 0.15) is 0 Å². The van der Waals surface area contributed by atoms with E-state index in [1.54, 1.807) is 0 Å². The standard InChI is InChI=1S/C17H21N3O2/c18-6-7-19-8-10-20(11-9-19)17(21)13-16-15-4-2-1-3-14(15)5-12-22-16/h1-4,16H,5,7-13H2/t16-/m0/s1. The van der Waals surface area contributed by atoms with Gasteiger partial charge in [-0.3, -0.25) is 9.69 Å². The molecule has 0 N–H and O–H groups in total. The third-order valence-corrected chi connectivity index (χ3v) is 4.47. The molecule has 5 heteroatoms. The van der Waals surface area contributed by atoms with Crippen LogP contribution in [0.2, 0.25) is 0 Å². The lowest BCUT2D eigenvalue weighted by molar-refractivity contribution is -0.136. The molecular weight excluding hydrogens is 278 g/mol. The Morgan fingerprint density at radius 1 is 1.27 bits per heavy atom. The molecule has 2 aliphatic heterocycles. The Morgan fingerprint density at radius 3 is 2.82 bits per heavy atom. The fraction of sp³-hybridized carbons (Fsp3) is 0.529. The van der Waals surface area contributed by atoms with Crippen LogP contribution < -0.4 is 0 Å². The van der Waals surface area contributed by atoms with Crippen molar-refractivity contribution in [2.24, 2.45) is 0 Å². The zero-order chi connectivity index (χ0) is 15.4. The number of piperazine rings is 1. The van der Waals surface area contributed by atoms with E-state index < -0.39 is 0 Å². The predicted octanol–water partition coefficient (Wildman–Crippen LogP) is 1.36. The van der Waals surface area contributed by atoms with E-state index in [-0.39, 0.29) is 12.0 Å². The summed E-state index contributed by atoms with van der Waals surface area (Å²) in [6.07, 6.45) is 1.22. The van der Waals surface area contributed by atoms with Crippen molar-refractivity contribution in [1.29, 1.82) is 5.26 Å². The van der Waals surface area contributed by atoms with Crippen molar-refractivity contribution < 1.29 is 9.53 Å². The first kappa shape index (κ1) is 15.0. The Bertz CT molecular complexity index is 574. The third kappa shape index (κ3) is 3.29. The Hall–Kier alpha value is -1.90. The van der Waals surface area contributed by atoms with Crippen LogP contribution >= 0.6 is 0 Å². The second-order valence-electron chi connectivity index (χ2n) is 5.83. The number of benzene rings is 1. The quantitative estimate of drug-likeness (QED) is 0.791. The average molecular weight is 299 g/mol. The highest BCUT2D eigenvalue weighted by atomic mass is 16.5. The number of ether oxygens (including phenoxy) is 1. The SMILES string of the molecule is N#CCN1CCN(C(=O)C[C@@H]2OCCc3ccccc32)CC1. The van der Waals surface area contributed by atoms with E-state index in [4.69, 9.17) is 10.00 Å². The number of amides is 1. The van der Waals surface area contributed by atoms with Crippen molar-refractivity contribution in [2.75, 3.05) is 39.3 Å². The van der Waals surface area contributed by atoms with Crippen molar-refractivity contribution in [3.8, 4) is 6.07 Å². The molecule has 3 rings (SSSR count). The monoisotopic (exact) mass is 299 g/mol. The molecule has 1 aromatic rings. The van der Waals surface area contributed by atoms with Crippen LogP contribution in [-0.4, -0.2) is 55.0 Å². The van der Waals surface area contributed by atoms with Crippen LogP contribution in [0.4, 0.5) is 0 Å². The zero-order valence-electron chi connectivity index (χ0n) is 12.7. The molecule has 0 saturated carbocycles. The molecule has 1 atom stereocenters. The average Bonchev–Trinajstić information content (AvgIpc) is 2.56. The van der Waals surface area contributed by atoms with Gasteiger partial charge in [-0.15, -0.1) is 0 Å². The van der Waals surface area contributed by atoms with Gasteiger partial charge in [0, 0.05) is 26.2 Å². The van der Waals surface area contributed by atoms with Crippen molar-refractivity contribution in [2.45, 2.75) is 18.9 Å². The fourth-order valence-corrected chi connectivity index (χ4v) is 3.19. The van der Waals surface area contributed by atoms with Gasteiger partial charge in [0.25, 0.3) is 0 Å². The second-order valence-corrected chi connectivity index (χ2v) is 5.83. The first-order chi connectivity index (χ1) is 10.8. The summed E-state index contributed by atoms with van der Waals surface area (Å²) in [4.78, 5) is 16.5. The van der Waals surface area contributed by atoms with Crippen LogP contribution in [0.1, 0.15) is 23.7 Å². The van der Waals surface area contributed by atoms with Gasteiger partial charge in [-0.1, -0.05) is 24.3 Å². The van der Waals surface area contributed by atoms with Crippen molar-refractivity contribution in [1.82, 2.24) is 9.80 Å². The van der Waals surface area contributed by atoms with Crippen LogP contribution in [0.15, 0.2) is 24.3 Å². The van der Waals surface area contributed by atoms with Gasteiger partial charge in [0.05, 0.1) is 31.7 Å². The lowest BCUT2D eigenvalue weighted by atomic mass is 9.95. The molecule has 1 aromatic carbocycles. The topological polar surface area (TPSA) is 56.6 Å². The Labute approximate surface area is 131 Å². The van der Waals surface area contributed by atoms with Gasteiger partial charge in [-0.2, -0.15) is 5.26 Å². The highest BCUT2D eigenvalue weighted by molar-refractivity contribution is 5.77. The summed E-state index contributed by atoms with van der Waals surface area (Å²) in [5.74, 6) is 0.151.